The van der Waals surface area contributed by atoms with Gasteiger partial charge in [-0.3, -0.25) is 4.68 Å². The topological polar surface area (TPSA) is 53.1 Å². The molecule has 0 amide bonds. The van der Waals surface area contributed by atoms with Crippen molar-refractivity contribution >= 4 is 15.9 Å². The fraction of sp³-hybridized carbons (Fsp3) is 0.400. The maximum absolute atomic E-state index is 14.0. The van der Waals surface area contributed by atoms with Crippen molar-refractivity contribution in [3.63, 3.8) is 0 Å². The molecule has 0 aliphatic heterocycles. The lowest BCUT2D eigenvalue weighted by Gasteiger charge is -2.11. The van der Waals surface area contributed by atoms with Crippen molar-refractivity contribution in [1.82, 2.24) is 9.78 Å². The molecule has 0 unspecified atom stereocenters. The number of benzene rings is 1. The van der Waals surface area contributed by atoms with Crippen LogP contribution in [0.15, 0.2) is 22.7 Å². The van der Waals surface area contributed by atoms with E-state index in [0.717, 1.165) is 27.8 Å². The minimum Gasteiger partial charge on any atom is -0.484 e. The van der Waals surface area contributed by atoms with Crippen LogP contribution >= 0.6 is 15.9 Å². The summed E-state index contributed by atoms with van der Waals surface area (Å²) in [6, 6.07) is 4.60. The molecule has 2 rings (SSSR count). The summed E-state index contributed by atoms with van der Waals surface area (Å²) < 4.78 is 22.2. The molecule has 1 heterocycles. The molecule has 0 aliphatic rings. The van der Waals surface area contributed by atoms with E-state index in [1.54, 1.807) is 16.8 Å². The summed E-state index contributed by atoms with van der Waals surface area (Å²) in [5.74, 6) is -0.190. The van der Waals surface area contributed by atoms with E-state index >= 15 is 0 Å². The van der Waals surface area contributed by atoms with Gasteiger partial charge in [0, 0.05) is 13.1 Å². The van der Waals surface area contributed by atoms with Gasteiger partial charge in [-0.05, 0) is 47.0 Å². The quantitative estimate of drug-likeness (QED) is 0.892. The Balaban J connectivity index is 2.15. The summed E-state index contributed by atoms with van der Waals surface area (Å²) in [6.45, 7) is 4.09. The van der Waals surface area contributed by atoms with Gasteiger partial charge in [-0.2, -0.15) is 5.10 Å². The molecule has 1 aromatic carbocycles. The first-order chi connectivity index (χ1) is 9.93. The SMILES string of the molecule is CCc1nn(C)c(COc2ccc([C@@H](C)N)cc2F)c1Br. The average molecular weight is 356 g/mol. The minimum atomic E-state index is -0.404. The van der Waals surface area contributed by atoms with Crippen molar-refractivity contribution < 1.29 is 9.13 Å². The molecule has 2 N–H and O–H groups in total. The van der Waals surface area contributed by atoms with Gasteiger partial charge in [0.05, 0.1) is 15.9 Å². The lowest BCUT2D eigenvalue weighted by molar-refractivity contribution is 0.279. The first-order valence-corrected chi connectivity index (χ1v) is 7.61. The highest BCUT2D eigenvalue weighted by molar-refractivity contribution is 9.10. The number of nitrogens with two attached hydrogens (primary N) is 1. The Bertz CT molecular complexity index is 640. The van der Waals surface area contributed by atoms with Gasteiger partial charge in [-0.1, -0.05) is 13.0 Å². The van der Waals surface area contributed by atoms with Gasteiger partial charge in [-0.25, -0.2) is 4.39 Å². The molecule has 6 heteroatoms. The third kappa shape index (κ3) is 3.44. The normalized spacial score (nSPS) is 12.5. The highest BCUT2D eigenvalue weighted by atomic mass is 79.9. The third-order valence-corrected chi connectivity index (χ3v) is 4.26. The molecule has 1 atom stereocenters. The zero-order chi connectivity index (χ0) is 15.6. The van der Waals surface area contributed by atoms with Crippen LogP contribution in [0.1, 0.15) is 36.8 Å². The van der Waals surface area contributed by atoms with Gasteiger partial charge in [0.15, 0.2) is 11.6 Å². The van der Waals surface area contributed by atoms with Crippen LogP contribution in [0.3, 0.4) is 0 Å². The van der Waals surface area contributed by atoms with E-state index in [4.69, 9.17) is 10.5 Å². The molecule has 0 saturated carbocycles. The Morgan fingerprint density at radius 3 is 2.71 bits per heavy atom. The fourth-order valence-electron chi connectivity index (χ4n) is 2.04. The van der Waals surface area contributed by atoms with Gasteiger partial charge < -0.3 is 10.5 Å². The molecule has 0 radical (unpaired) electrons. The van der Waals surface area contributed by atoms with E-state index in [0.29, 0.717) is 0 Å². The van der Waals surface area contributed by atoms with E-state index in [1.165, 1.54) is 6.07 Å². The average Bonchev–Trinajstić information content (AvgIpc) is 2.72. The number of hydrogen-bond donors (Lipinski definition) is 1. The third-order valence-electron chi connectivity index (χ3n) is 3.35. The maximum Gasteiger partial charge on any atom is 0.165 e. The number of aryl methyl sites for hydroxylation is 2. The number of hydrogen-bond acceptors (Lipinski definition) is 3. The van der Waals surface area contributed by atoms with E-state index < -0.39 is 5.82 Å². The smallest absolute Gasteiger partial charge is 0.165 e. The first kappa shape index (κ1) is 16.0. The van der Waals surface area contributed by atoms with Crippen LogP contribution in [0, 0.1) is 5.82 Å². The number of halogens is 2. The first-order valence-electron chi connectivity index (χ1n) is 6.82. The minimum absolute atomic E-state index is 0.202. The molecule has 21 heavy (non-hydrogen) atoms. The number of rotatable bonds is 5. The van der Waals surface area contributed by atoms with Crippen LogP contribution in [0.25, 0.3) is 0 Å². The van der Waals surface area contributed by atoms with Crippen molar-refractivity contribution in [3.8, 4) is 5.75 Å². The molecule has 0 spiro atoms. The van der Waals surface area contributed by atoms with Crippen molar-refractivity contribution in [2.24, 2.45) is 12.8 Å². The van der Waals surface area contributed by atoms with Crippen molar-refractivity contribution in [2.75, 3.05) is 0 Å². The second-order valence-electron chi connectivity index (χ2n) is 4.95. The molecule has 4 nitrogen and oxygen atoms in total. The standard InChI is InChI=1S/C15H19BrFN3O/c1-4-12-15(16)13(20(3)19-12)8-21-14-6-5-10(9(2)18)7-11(14)17/h5-7,9H,4,8,18H2,1-3H3/t9-/m1/s1. The van der Waals surface area contributed by atoms with E-state index in [-0.39, 0.29) is 18.4 Å². The molecule has 0 saturated heterocycles. The Kier molecular flexibility index (Phi) is 5.00. The summed E-state index contributed by atoms with van der Waals surface area (Å²) in [5, 5.41) is 4.38. The number of ether oxygens (including phenoxy) is 1. The van der Waals surface area contributed by atoms with Gasteiger partial charge >= 0.3 is 0 Å². The monoisotopic (exact) mass is 355 g/mol. The molecular formula is C15H19BrFN3O. The molecule has 0 bridgehead atoms. The van der Waals surface area contributed by atoms with Gasteiger partial charge in [0.1, 0.15) is 6.61 Å². The van der Waals surface area contributed by atoms with E-state index in [2.05, 4.69) is 21.0 Å². The molecule has 0 aliphatic carbocycles. The summed E-state index contributed by atoms with van der Waals surface area (Å²) >= 11 is 3.51. The van der Waals surface area contributed by atoms with Crippen LogP contribution in [0.4, 0.5) is 4.39 Å². The van der Waals surface area contributed by atoms with Gasteiger partial charge in [0.25, 0.3) is 0 Å². The molecular weight excluding hydrogens is 337 g/mol. The predicted octanol–water partition coefficient (Wildman–Crippen LogP) is 3.48. The van der Waals surface area contributed by atoms with Crippen LogP contribution in [-0.4, -0.2) is 9.78 Å². The van der Waals surface area contributed by atoms with Crippen molar-refractivity contribution in [3.05, 3.63) is 45.4 Å². The highest BCUT2D eigenvalue weighted by Crippen LogP contribution is 2.25. The summed E-state index contributed by atoms with van der Waals surface area (Å²) in [4.78, 5) is 0. The Labute approximate surface area is 132 Å². The Morgan fingerprint density at radius 1 is 1.48 bits per heavy atom. The largest absolute Gasteiger partial charge is 0.484 e. The van der Waals surface area contributed by atoms with Crippen LogP contribution in [0.2, 0.25) is 0 Å². The number of nitrogens with zero attached hydrogens (tertiary/aromatic N) is 2. The van der Waals surface area contributed by atoms with E-state index in [9.17, 15) is 4.39 Å². The van der Waals surface area contributed by atoms with Crippen molar-refractivity contribution in [2.45, 2.75) is 32.9 Å². The Morgan fingerprint density at radius 2 is 2.19 bits per heavy atom. The van der Waals surface area contributed by atoms with Crippen LogP contribution < -0.4 is 10.5 Å². The van der Waals surface area contributed by atoms with Crippen LogP contribution in [-0.2, 0) is 20.1 Å². The second-order valence-corrected chi connectivity index (χ2v) is 5.74. The lowest BCUT2D eigenvalue weighted by atomic mass is 10.1. The second kappa shape index (κ2) is 6.58. The van der Waals surface area contributed by atoms with Gasteiger partial charge in [-0.15, -0.1) is 0 Å². The van der Waals surface area contributed by atoms with Crippen LogP contribution in [0.5, 0.6) is 5.75 Å². The molecule has 1 aromatic heterocycles. The summed E-state index contributed by atoms with van der Waals surface area (Å²) in [6.07, 6.45) is 0.825. The lowest BCUT2D eigenvalue weighted by Crippen LogP contribution is -2.07. The number of aromatic nitrogens is 2. The summed E-state index contributed by atoms with van der Waals surface area (Å²) in [5.41, 5.74) is 8.31. The zero-order valence-electron chi connectivity index (χ0n) is 12.4. The molecule has 114 valence electrons. The highest BCUT2D eigenvalue weighted by Gasteiger charge is 2.14. The van der Waals surface area contributed by atoms with E-state index in [1.807, 2.05) is 20.9 Å². The molecule has 2 aromatic rings. The van der Waals surface area contributed by atoms with Crippen molar-refractivity contribution in [1.29, 1.82) is 0 Å². The molecule has 0 fully saturated rings. The zero-order valence-corrected chi connectivity index (χ0v) is 13.9. The predicted molar refractivity (Wildman–Crippen MR) is 83.6 cm³/mol. The Hall–Kier alpha value is -1.40. The van der Waals surface area contributed by atoms with Gasteiger partial charge in [0.2, 0.25) is 0 Å². The summed E-state index contributed by atoms with van der Waals surface area (Å²) in [7, 11) is 1.85. The fourth-order valence-corrected chi connectivity index (χ4v) is 2.77. The maximum atomic E-state index is 14.0.